The summed E-state index contributed by atoms with van der Waals surface area (Å²) in [7, 11) is 0. The maximum absolute atomic E-state index is 10.8. The van der Waals surface area contributed by atoms with E-state index in [0.717, 1.165) is 5.92 Å². The summed E-state index contributed by atoms with van der Waals surface area (Å²) in [6.07, 6.45) is 3.91. The molecular formula is C9H19N3O. The molecule has 1 aliphatic rings. The molecule has 1 fully saturated rings. The van der Waals surface area contributed by atoms with Gasteiger partial charge < -0.3 is 5.32 Å². The molecule has 0 aliphatic heterocycles. The van der Waals surface area contributed by atoms with Crippen LogP contribution in [0.15, 0.2) is 0 Å². The zero-order chi connectivity index (χ0) is 9.90. The maximum Gasteiger partial charge on any atom is 0.328 e. The van der Waals surface area contributed by atoms with Crippen LogP contribution in [0.3, 0.4) is 0 Å². The minimum atomic E-state index is -0.299. The third kappa shape index (κ3) is 2.59. The molecule has 0 radical (unpaired) electrons. The van der Waals surface area contributed by atoms with E-state index in [1.54, 1.807) is 0 Å². The lowest BCUT2D eigenvalue weighted by Crippen LogP contribution is -2.46. The Morgan fingerprint density at radius 3 is 2.54 bits per heavy atom. The van der Waals surface area contributed by atoms with Crippen molar-refractivity contribution >= 4 is 6.03 Å². The van der Waals surface area contributed by atoms with Gasteiger partial charge in [-0.3, -0.25) is 5.43 Å². The van der Waals surface area contributed by atoms with Gasteiger partial charge in [0.25, 0.3) is 0 Å². The van der Waals surface area contributed by atoms with Gasteiger partial charge in [0.1, 0.15) is 0 Å². The molecule has 4 N–H and O–H groups in total. The van der Waals surface area contributed by atoms with Crippen LogP contribution in [0, 0.1) is 11.3 Å². The zero-order valence-corrected chi connectivity index (χ0v) is 8.39. The van der Waals surface area contributed by atoms with Crippen LogP contribution in [-0.2, 0) is 0 Å². The van der Waals surface area contributed by atoms with E-state index < -0.39 is 0 Å². The number of hydrogen-bond donors (Lipinski definition) is 3. The third-order valence-electron chi connectivity index (χ3n) is 3.05. The Kier molecular flexibility index (Phi) is 3.14. The van der Waals surface area contributed by atoms with Gasteiger partial charge in [0.2, 0.25) is 0 Å². The van der Waals surface area contributed by atoms with Gasteiger partial charge in [-0.15, -0.1) is 0 Å². The molecule has 1 saturated carbocycles. The predicted octanol–water partition coefficient (Wildman–Crippen LogP) is 0.986. The summed E-state index contributed by atoms with van der Waals surface area (Å²) in [4.78, 5) is 10.8. The molecule has 2 amide bonds. The van der Waals surface area contributed by atoms with Gasteiger partial charge in [0, 0.05) is 6.54 Å². The standard InChI is InChI=1S/C9H19N3O/c1-9(2,7-4-3-5-7)6-11-8(13)12-10/h7H,3-6,10H2,1-2H3,(H2,11,12,13). The molecule has 0 aromatic heterocycles. The second kappa shape index (κ2) is 3.96. The van der Waals surface area contributed by atoms with E-state index in [-0.39, 0.29) is 11.4 Å². The first-order valence-electron chi connectivity index (χ1n) is 4.81. The number of nitrogens with one attached hydrogen (secondary N) is 2. The van der Waals surface area contributed by atoms with Crippen molar-refractivity contribution in [2.24, 2.45) is 17.2 Å². The third-order valence-corrected chi connectivity index (χ3v) is 3.05. The van der Waals surface area contributed by atoms with Crippen molar-refractivity contribution in [3.8, 4) is 0 Å². The summed E-state index contributed by atoms with van der Waals surface area (Å²) in [5.41, 5.74) is 2.26. The Hall–Kier alpha value is -0.770. The number of carbonyl (C=O) groups is 1. The highest BCUT2D eigenvalue weighted by Gasteiger charge is 2.33. The fourth-order valence-corrected chi connectivity index (χ4v) is 1.69. The number of nitrogens with two attached hydrogens (primary N) is 1. The topological polar surface area (TPSA) is 67.2 Å². The molecule has 0 heterocycles. The van der Waals surface area contributed by atoms with Crippen LogP contribution in [0.1, 0.15) is 33.1 Å². The molecule has 0 atom stereocenters. The Bertz CT molecular complexity index is 187. The molecule has 0 bridgehead atoms. The van der Waals surface area contributed by atoms with Gasteiger partial charge >= 0.3 is 6.03 Å². The van der Waals surface area contributed by atoms with E-state index in [2.05, 4.69) is 24.6 Å². The number of amides is 2. The Morgan fingerprint density at radius 1 is 1.54 bits per heavy atom. The molecule has 1 aliphatic carbocycles. The van der Waals surface area contributed by atoms with Crippen LogP contribution >= 0.6 is 0 Å². The second-order valence-electron chi connectivity index (χ2n) is 4.44. The van der Waals surface area contributed by atoms with Crippen LogP contribution in [0.25, 0.3) is 0 Å². The van der Waals surface area contributed by atoms with Gasteiger partial charge in [-0.2, -0.15) is 0 Å². The number of hydrazine groups is 1. The van der Waals surface area contributed by atoms with Crippen molar-refractivity contribution < 1.29 is 4.79 Å². The molecule has 0 unspecified atom stereocenters. The van der Waals surface area contributed by atoms with E-state index in [4.69, 9.17) is 5.84 Å². The monoisotopic (exact) mass is 185 g/mol. The number of rotatable bonds is 3. The number of hydrogen-bond acceptors (Lipinski definition) is 2. The van der Waals surface area contributed by atoms with E-state index in [0.29, 0.717) is 6.54 Å². The summed E-state index contributed by atoms with van der Waals surface area (Å²) in [5, 5.41) is 2.75. The second-order valence-corrected chi connectivity index (χ2v) is 4.44. The maximum atomic E-state index is 10.8. The molecule has 0 spiro atoms. The first kappa shape index (κ1) is 10.3. The fraction of sp³-hybridized carbons (Fsp3) is 0.889. The SMILES string of the molecule is CC(C)(CNC(=O)NN)C1CCC1. The van der Waals surface area contributed by atoms with Crippen molar-refractivity contribution in [3.05, 3.63) is 0 Å². The normalized spacial score (nSPS) is 17.8. The van der Waals surface area contributed by atoms with Gasteiger partial charge in [0.15, 0.2) is 0 Å². The fourth-order valence-electron chi connectivity index (χ4n) is 1.69. The molecule has 76 valence electrons. The summed E-state index contributed by atoms with van der Waals surface area (Å²) in [6, 6.07) is -0.299. The molecule has 0 aromatic rings. The lowest BCUT2D eigenvalue weighted by atomic mass is 9.67. The molecular weight excluding hydrogens is 166 g/mol. The minimum Gasteiger partial charge on any atom is -0.337 e. The van der Waals surface area contributed by atoms with Gasteiger partial charge in [-0.25, -0.2) is 10.6 Å². The lowest BCUT2D eigenvalue weighted by Gasteiger charge is -2.40. The number of urea groups is 1. The summed E-state index contributed by atoms with van der Waals surface area (Å²) in [6.45, 7) is 5.07. The van der Waals surface area contributed by atoms with Gasteiger partial charge in [-0.05, 0) is 24.2 Å². The van der Waals surface area contributed by atoms with Crippen molar-refractivity contribution in [2.75, 3.05) is 6.54 Å². The van der Waals surface area contributed by atoms with Crippen LogP contribution in [0.4, 0.5) is 4.79 Å². The number of carbonyl (C=O) groups excluding carboxylic acids is 1. The first-order valence-corrected chi connectivity index (χ1v) is 4.81. The molecule has 4 heteroatoms. The molecule has 1 rings (SSSR count). The van der Waals surface area contributed by atoms with Crippen LogP contribution in [0.2, 0.25) is 0 Å². The smallest absolute Gasteiger partial charge is 0.328 e. The van der Waals surface area contributed by atoms with Gasteiger partial charge in [0.05, 0.1) is 0 Å². The molecule has 13 heavy (non-hydrogen) atoms. The lowest BCUT2D eigenvalue weighted by molar-refractivity contribution is 0.120. The Morgan fingerprint density at radius 2 is 2.15 bits per heavy atom. The van der Waals surface area contributed by atoms with Gasteiger partial charge in [-0.1, -0.05) is 20.3 Å². The van der Waals surface area contributed by atoms with Crippen molar-refractivity contribution in [1.29, 1.82) is 0 Å². The quantitative estimate of drug-likeness (QED) is 0.348. The Balaban J connectivity index is 2.28. The van der Waals surface area contributed by atoms with Crippen LogP contribution in [0.5, 0.6) is 0 Å². The van der Waals surface area contributed by atoms with E-state index in [1.807, 2.05) is 0 Å². The Labute approximate surface area is 79.2 Å². The molecule has 4 nitrogen and oxygen atoms in total. The highest BCUT2D eigenvalue weighted by atomic mass is 16.2. The molecule has 0 saturated heterocycles. The predicted molar refractivity (Wildman–Crippen MR) is 51.8 cm³/mol. The molecule has 0 aromatic carbocycles. The highest BCUT2D eigenvalue weighted by Crippen LogP contribution is 2.40. The average molecular weight is 185 g/mol. The first-order chi connectivity index (χ1) is 6.06. The highest BCUT2D eigenvalue weighted by molar-refractivity contribution is 5.73. The van der Waals surface area contributed by atoms with E-state index >= 15 is 0 Å². The van der Waals surface area contributed by atoms with Crippen molar-refractivity contribution in [3.63, 3.8) is 0 Å². The largest absolute Gasteiger partial charge is 0.337 e. The average Bonchev–Trinajstić information content (AvgIpc) is 1.96. The van der Waals surface area contributed by atoms with Crippen LogP contribution in [-0.4, -0.2) is 12.6 Å². The summed E-state index contributed by atoms with van der Waals surface area (Å²) < 4.78 is 0. The van der Waals surface area contributed by atoms with E-state index in [1.165, 1.54) is 19.3 Å². The summed E-state index contributed by atoms with van der Waals surface area (Å²) in [5.74, 6) is 5.72. The van der Waals surface area contributed by atoms with Crippen LogP contribution < -0.4 is 16.6 Å². The van der Waals surface area contributed by atoms with Crippen molar-refractivity contribution in [2.45, 2.75) is 33.1 Å². The minimum absolute atomic E-state index is 0.199. The summed E-state index contributed by atoms with van der Waals surface area (Å²) >= 11 is 0. The van der Waals surface area contributed by atoms with E-state index in [9.17, 15) is 4.79 Å². The van der Waals surface area contributed by atoms with Crippen molar-refractivity contribution in [1.82, 2.24) is 10.7 Å². The zero-order valence-electron chi connectivity index (χ0n) is 8.39.